The van der Waals surface area contributed by atoms with Crippen LogP contribution in [0.15, 0.2) is 0 Å². The summed E-state index contributed by atoms with van der Waals surface area (Å²) < 4.78 is 0.208. The highest BCUT2D eigenvalue weighted by atomic mass is 32.2. The van der Waals surface area contributed by atoms with E-state index in [1.165, 1.54) is 11.9 Å². The van der Waals surface area contributed by atoms with Crippen molar-refractivity contribution in [2.75, 3.05) is 14.1 Å². The van der Waals surface area contributed by atoms with Gasteiger partial charge in [0, 0.05) is 25.9 Å². The molecule has 14 heavy (non-hydrogen) atoms. The summed E-state index contributed by atoms with van der Waals surface area (Å²) in [6, 6.07) is 0. The molecule has 0 aromatic rings. The minimum absolute atomic E-state index is 0.208. The first-order valence-electron chi connectivity index (χ1n) is 3.70. The number of hydrogen-bond acceptors (Lipinski definition) is 6. The van der Waals surface area contributed by atoms with Crippen LogP contribution in [0, 0.1) is 10.1 Å². The Morgan fingerprint density at radius 2 is 2.14 bits per heavy atom. The van der Waals surface area contributed by atoms with Crippen molar-refractivity contribution in [1.29, 1.82) is 0 Å². The van der Waals surface area contributed by atoms with Crippen molar-refractivity contribution in [3.05, 3.63) is 10.1 Å². The second-order valence-corrected chi connectivity index (χ2v) is 5.10. The number of thioether (sulfide) groups is 1. The van der Waals surface area contributed by atoms with Crippen LogP contribution in [-0.4, -0.2) is 44.1 Å². The highest BCUT2D eigenvalue weighted by molar-refractivity contribution is 8.24. The van der Waals surface area contributed by atoms with E-state index in [0.29, 0.717) is 0 Å². The zero-order chi connectivity index (χ0) is 11.1. The molecule has 1 fully saturated rings. The quantitative estimate of drug-likeness (QED) is 0.390. The van der Waals surface area contributed by atoms with E-state index in [4.69, 9.17) is 12.2 Å². The van der Waals surface area contributed by atoms with Gasteiger partial charge in [0.15, 0.2) is 4.32 Å². The molecule has 1 rings (SSSR count). The number of carbonyl (C=O) groups excluding carboxylic acids is 1. The molecule has 0 aliphatic carbocycles. The van der Waals surface area contributed by atoms with Gasteiger partial charge in [-0.05, 0) is 11.8 Å². The van der Waals surface area contributed by atoms with E-state index in [-0.39, 0.29) is 4.32 Å². The molecule has 0 bridgehead atoms. The Hall–Kier alpha value is -0.730. The lowest BCUT2D eigenvalue weighted by Gasteiger charge is -2.22. The highest BCUT2D eigenvalue weighted by Crippen LogP contribution is 2.37. The van der Waals surface area contributed by atoms with E-state index in [9.17, 15) is 14.9 Å². The molecule has 1 aliphatic heterocycles. The number of thiocarbonyl (C=S) groups is 1. The van der Waals surface area contributed by atoms with Gasteiger partial charge in [0.05, 0.1) is 0 Å². The Labute approximate surface area is 90.3 Å². The molecule has 1 unspecified atom stereocenters. The van der Waals surface area contributed by atoms with Crippen LogP contribution < -0.4 is 0 Å². The average molecular weight is 235 g/mol. The molecule has 0 N–H and O–H groups in total. The van der Waals surface area contributed by atoms with Crippen LogP contribution in [0.5, 0.6) is 0 Å². The standard InChI is InChI=1S/C6H9N3O3S2/c1-6(9(11)12)4(10)8(7(2)3)5(13)14-6/h1-3H3. The molecule has 1 saturated heterocycles. The van der Waals surface area contributed by atoms with E-state index in [2.05, 4.69) is 0 Å². The Bertz CT molecular complexity index is 319. The molecule has 1 aliphatic rings. The summed E-state index contributed by atoms with van der Waals surface area (Å²) in [5.74, 6) is -0.609. The molecule has 8 heteroatoms. The van der Waals surface area contributed by atoms with Gasteiger partial charge in [-0.3, -0.25) is 14.9 Å². The van der Waals surface area contributed by atoms with Crippen molar-refractivity contribution in [2.24, 2.45) is 0 Å². The van der Waals surface area contributed by atoms with Crippen molar-refractivity contribution in [3.63, 3.8) is 0 Å². The highest BCUT2D eigenvalue weighted by Gasteiger charge is 2.58. The molecule has 78 valence electrons. The normalized spacial score (nSPS) is 27.6. The van der Waals surface area contributed by atoms with Crippen LogP contribution in [0.3, 0.4) is 0 Å². The number of amides is 1. The van der Waals surface area contributed by atoms with Gasteiger partial charge in [0.25, 0.3) is 0 Å². The first kappa shape index (κ1) is 11.3. The summed E-state index contributed by atoms with van der Waals surface area (Å²) in [5.41, 5.74) is 0. The van der Waals surface area contributed by atoms with Gasteiger partial charge in [-0.1, -0.05) is 12.2 Å². The maximum absolute atomic E-state index is 11.7. The first-order chi connectivity index (χ1) is 6.30. The largest absolute Gasteiger partial charge is 0.349 e. The van der Waals surface area contributed by atoms with E-state index in [1.54, 1.807) is 14.1 Å². The SMILES string of the molecule is CN(C)N1C(=O)C(C)([N+](=O)[O-])SC1=S. The van der Waals surface area contributed by atoms with Gasteiger partial charge in [-0.25, -0.2) is 10.0 Å². The third kappa shape index (κ3) is 1.49. The fourth-order valence-corrected chi connectivity index (χ4v) is 2.65. The van der Waals surface area contributed by atoms with E-state index < -0.39 is 15.7 Å². The number of carbonyl (C=O) groups is 1. The smallest absolute Gasteiger partial charge is 0.263 e. The molecule has 1 amide bonds. The molecule has 0 saturated carbocycles. The van der Waals surface area contributed by atoms with Gasteiger partial charge in [-0.15, -0.1) is 0 Å². The molecular formula is C6H9N3O3S2. The van der Waals surface area contributed by atoms with Crippen LogP contribution in [0.1, 0.15) is 6.92 Å². The Morgan fingerprint density at radius 3 is 2.36 bits per heavy atom. The monoisotopic (exact) mass is 235 g/mol. The summed E-state index contributed by atoms with van der Waals surface area (Å²) in [5, 5.41) is 13.3. The number of hydrazine groups is 1. The predicted molar refractivity (Wildman–Crippen MR) is 56.1 cm³/mol. The van der Waals surface area contributed by atoms with Crippen molar-refractivity contribution in [1.82, 2.24) is 10.0 Å². The summed E-state index contributed by atoms with van der Waals surface area (Å²) in [7, 11) is 3.22. The number of rotatable bonds is 2. The minimum Gasteiger partial charge on any atom is -0.263 e. The van der Waals surface area contributed by atoms with Crippen molar-refractivity contribution in [3.8, 4) is 0 Å². The summed E-state index contributed by atoms with van der Waals surface area (Å²) >= 11 is 5.67. The molecule has 0 radical (unpaired) electrons. The molecule has 0 aromatic heterocycles. The van der Waals surface area contributed by atoms with Crippen molar-refractivity contribution < 1.29 is 9.72 Å². The molecular weight excluding hydrogens is 226 g/mol. The average Bonchev–Trinajstić information content (AvgIpc) is 2.24. The fraction of sp³-hybridized carbons (Fsp3) is 0.667. The van der Waals surface area contributed by atoms with Crippen LogP contribution >= 0.6 is 24.0 Å². The Balaban J connectivity index is 3.07. The molecule has 6 nitrogen and oxygen atoms in total. The topological polar surface area (TPSA) is 66.7 Å². The molecule has 0 aromatic carbocycles. The second-order valence-electron chi connectivity index (χ2n) is 3.07. The van der Waals surface area contributed by atoms with Crippen molar-refractivity contribution in [2.45, 2.75) is 11.8 Å². The van der Waals surface area contributed by atoms with E-state index in [1.807, 2.05) is 0 Å². The van der Waals surface area contributed by atoms with Crippen LogP contribution in [0.2, 0.25) is 0 Å². The van der Waals surface area contributed by atoms with E-state index >= 15 is 0 Å². The third-order valence-corrected chi connectivity index (χ3v) is 3.29. The molecule has 1 atom stereocenters. The number of hydrogen-bond donors (Lipinski definition) is 0. The zero-order valence-corrected chi connectivity index (χ0v) is 9.52. The van der Waals surface area contributed by atoms with Gasteiger partial charge >= 0.3 is 10.8 Å². The Morgan fingerprint density at radius 1 is 1.64 bits per heavy atom. The van der Waals surface area contributed by atoms with Crippen LogP contribution in [-0.2, 0) is 4.79 Å². The fourth-order valence-electron chi connectivity index (χ4n) is 0.997. The van der Waals surface area contributed by atoms with Crippen molar-refractivity contribution >= 4 is 34.2 Å². The summed E-state index contributed by atoms with van der Waals surface area (Å²) in [4.78, 5) is 20.1. The van der Waals surface area contributed by atoms with Gasteiger partial charge < -0.3 is 0 Å². The van der Waals surface area contributed by atoms with Gasteiger partial charge in [0.1, 0.15) is 0 Å². The van der Waals surface area contributed by atoms with Crippen LogP contribution in [0.25, 0.3) is 0 Å². The van der Waals surface area contributed by atoms with Gasteiger partial charge in [0.2, 0.25) is 0 Å². The lowest BCUT2D eigenvalue weighted by atomic mass is 10.3. The molecule has 1 heterocycles. The molecule has 0 spiro atoms. The van der Waals surface area contributed by atoms with E-state index in [0.717, 1.165) is 16.8 Å². The lowest BCUT2D eigenvalue weighted by molar-refractivity contribution is -0.518. The maximum atomic E-state index is 11.7. The Kier molecular flexibility index (Phi) is 2.79. The minimum atomic E-state index is -1.68. The summed E-state index contributed by atoms with van der Waals surface area (Å²) in [6.07, 6.45) is 0. The van der Waals surface area contributed by atoms with Crippen LogP contribution in [0.4, 0.5) is 0 Å². The second kappa shape index (κ2) is 3.44. The lowest BCUT2D eigenvalue weighted by Crippen LogP contribution is -2.47. The first-order valence-corrected chi connectivity index (χ1v) is 4.92. The number of nitro groups is 1. The predicted octanol–water partition coefficient (Wildman–Crippen LogP) is 0.316. The van der Waals surface area contributed by atoms with Gasteiger partial charge in [-0.2, -0.15) is 0 Å². The zero-order valence-electron chi connectivity index (χ0n) is 7.88. The number of nitrogens with zero attached hydrogens (tertiary/aromatic N) is 3. The maximum Gasteiger partial charge on any atom is 0.349 e. The third-order valence-electron chi connectivity index (χ3n) is 1.80. The summed E-state index contributed by atoms with van der Waals surface area (Å²) in [6.45, 7) is 1.26.